The van der Waals surface area contributed by atoms with Crippen molar-refractivity contribution in [2.45, 2.75) is 6.54 Å². The number of rotatable bonds is 5. The molecule has 4 aromatic rings. The van der Waals surface area contributed by atoms with Gasteiger partial charge in [0, 0.05) is 22.2 Å². The van der Waals surface area contributed by atoms with Crippen LogP contribution < -0.4 is 5.43 Å². The SMILES string of the molecule is O=C(NN=Cc1cc2ccccc2nc1Cl)c1ccn(Cc2ccc(Cl)cc2)n1. The van der Waals surface area contributed by atoms with Crippen LogP contribution in [-0.4, -0.2) is 26.9 Å². The first-order valence-electron chi connectivity index (χ1n) is 8.75. The highest BCUT2D eigenvalue weighted by molar-refractivity contribution is 6.32. The van der Waals surface area contributed by atoms with Crippen LogP contribution in [0.25, 0.3) is 10.9 Å². The Morgan fingerprint density at radius 1 is 1.10 bits per heavy atom. The maximum absolute atomic E-state index is 12.3. The monoisotopic (exact) mass is 423 g/mol. The molecule has 144 valence electrons. The van der Waals surface area contributed by atoms with Crippen molar-refractivity contribution in [3.63, 3.8) is 0 Å². The van der Waals surface area contributed by atoms with Crippen LogP contribution in [-0.2, 0) is 6.54 Å². The number of aromatic nitrogens is 3. The Bertz CT molecular complexity index is 1200. The second kappa shape index (κ2) is 8.43. The molecule has 0 atom stereocenters. The number of amides is 1. The molecule has 8 heteroatoms. The third-order valence-electron chi connectivity index (χ3n) is 4.21. The summed E-state index contributed by atoms with van der Waals surface area (Å²) in [6, 6.07) is 18.6. The number of hydrogen-bond donors (Lipinski definition) is 1. The van der Waals surface area contributed by atoms with E-state index in [-0.39, 0.29) is 5.69 Å². The Morgan fingerprint density at radius 3 is 2.72 bits per heavy atom. The number of hydrogen-bond acceptors (Lipinski definition) is 4. The van der Waals surface area contributed by atoms with Crippen LogP contribution in [0.2, 0.25) is 10.2 Å². The summed E-state index contributed by atoms with van der Waals surface area (Å²) in [4.78, 5) is 16.6. The lowest BCUT2D eigenvalue weighted by molar-refractivity contribution is 0.0949. The number of nitrogens with one attached hydrogen (secondary N) is 1. The summed E-state index contributed by atoms with van der Waals surface area (Å²) in [6.07, 6.45) is 3.20. The topological polar surface area (TPSA) is 72.2 Å². The van der Waals surface area contributed by atoms with Crippen LogP contribution in [0.3, 0.4) is 0 Å². The molecule has 0 aliphatic carbocycles. The maximum Gasteiger partial charge on any atom is 0.291 e. The standard InChI is InChI=1S/C21H15Cl2N5O/c22-17-7-5-14(6-8-17)13-28-10-9-19(27-28)21(29)26-24-12-16-11-15-3-1-2-4-18(15)25-20(16)23/h1-12H,13H2,(H,26,29). The Kier molecular flexibility index (Phi) is 5.55. The highest BCUT2D eigenvalue weighted by Gasteiger charge is 2.09. The van der Waals surface area contributed by atoms with Gasteiger partial charge in [0.25, 0.3) is 5.91 Å². The average molecular weight is 424 g/mol. The predicted molar refractivity (Wildman–Crippen MR) is 115 cm³/mol. The van der Waals surface area contributed by atoms with Crippen LogP contribution in [0.1, 0.15) is 21.6 Å². The van der Waals surface area contributed by atoms with E-state index in [1.165, 1.54) is 6.21 Å². The fourth-order valence-corrected chi connectivity index (χ4v) is 3.09. The van der Waals surface area contributed by atoms with E-state index in [0.717, 1.165) is 16.5 Å². The minimum Gasteiger partial charge on any atom is -0.268 e. The van der Waals surface area contributed by atoms with E-state index in [1.807, 2.05) is 54.6 Å². The molecule has 4 rings (SSSR count). The first-order chi connectivity index (χ1) is 14.1. The van der Waals surface area contributed by atoms with Gasteiger partial charge in [-0.3, -0.25) is 9.48 Å². The summed E-state index contributed by atoms with van der Waals surface area (Å²) in [5.41, 5.74) is 5.16. The van der Waals surface area contributed by atoms with Crippen molar-refractivity contribution in [1.29, 1.82) is 0 Å². The van der Waals surface area contributed by atoms with Gasteiger partial charge in [0.1, 0.15) is 5.15 Å². The first kappa shape index (κ1) is 19.1. The van der Waals surface area contributed by atoms with Gasteiger partial charge in [0.2, 0.25) is 0 Å². The molecule has 0 spiro atoms. The minimum atomic E-state index is -0.416. The van der Waals surface area contributed by atoms with Gasteiger partial charge < -0.3 is 0 Å². The number of hydrazone groups is 1. The van der Waals surface area contributed by atoms with Gasteiger partial charge in [0.15, 0.2) is 5.69 Å². The van der Waals surface area contributed by atoms with Gasteiger partial charge in [-0.15, -0.1) is 0 Å². The minimum absolute atomic E-state index is 0.263. The molecule has 2 aromatic carbocycles. The molecule has 0 fully saturated rings. The van der Waals surface area contributed by atoms with E-state index in [2.05, 4.69) is 20.6 Å². The molecule has 0 aliphatic rings. The van der Waals surface area contributed by atoms with E-state index >= 15 is 0 Å². The number of nitrogens with zero attached hydrogens (tertiary/aromatic N) is 4. The second-order valence-electron chi connectivity index (χ2n) is 6.29. The molecular weight excluding hydrogens is 409 g/mol. The van der Waals surface area contributed by atoms with Crippen molar-refractivity contribution < 1.29 is 4.79 Å². The number of para-hydroxylation sites is 1. The largest absolute Gasteiger partial charge is 0.291 e. The number of fused-ring (bicyclic) bond motifs is 1. The van der Waals surface area contributed by atoms with Crippen molar-refractivity contribution in [1.82, 2.24) is 20.2 Å². The Balaban J connectivity index is 1.41. The quantitative estimate of drug-likeness (QED) is 0.290. The van der Waals surface area contributed by atoms with Gasteiger partial charge in [-0.05, 0) is 35.9 Å². The average Bonchev–Trinajstić information content (AvgIpc) is 3.18. The lowest BCUT2D eigenvalue weighted by Gasteiger charge is -2.02. The normalized spacial score (nSPS) is 11.2. The highest BCUT2D eigenvalue weighted by Crippen LogP contribution is 2.19. The summed E-state index contributed by atoms with van der Waals surface area (Å²) in [6.45, 7) is 0.534. The summed E-state index contributed by atoms with van der Waals surface area (Å²) < 4.78 is 1.67. The van der Waals surface area contributed by atoms with Gasteiger partial charge in [-0.1, -0.05) is 53.5 Å². The van der Waals surface area contributed by atoms with Crippen LogP contribution in [0.15, 0.2) is 72.0 Å². The lowest BCUT2D eigenvalue weighted by atomic mass is 10.2. The first-order valence-corrected chi connectivity index (χ1v) is 9.51. The summed E-state index contributed by atoms with van der Waals surface area (Å²) in [5, 5.41) is 10.2. The van der Waals surface area contributed by atoms with Crippen molar-refractivity contribution >= 4 is 46.2 Å². The van der Waals surface area contributed by atoms with E-state index in [9.17, 15) is 4.79 Å². The molecule has 0 radical (unpaired) electrons. The molecule has 0 saturated heterocycles. The molecule has 1 amide bonds. The zero-order valence-electron chi connectivity index (χ0n) is 15.1. The fraction of sp³-hybridized carbons (Fsp3) is 0.0476. The van der Waals surface area contributed by atoms with Gasteiger partial charge in [-0.25, -0.2) is 10.4 Å². The lowest BCUT2D eigenvalue weighted by Crippen LogP contribution is -2.18. The molecule has 2 aromatic heterocycles. The number of benzene rings is 2. The number of halogens is 2. The fourth-order valence-electron chi connectivity index (χ4n) is 2.76. The highest BCUT2D eigenvalue weighted by atomic mass is 35.5. The third-order valence-corrected chi connectivity index (χ3v) is 4.76. The predicted octanol–water partition coefficient (Wildman–Crippen LogP) is 4.55. The smallest absolute Gasteiger partial charge is 0.268 e. The van der Waals surface area contributed by atoms with Crippen molar-refractivity contribution in [3.8, 4) is 0 Å². The molecule has 6 nitrogen and oxygen atoms in total. The van der Waals surface area contributed by atoms with E-state index in [1.54, 1.807) is 16.9 Å². The summed E-state index contributed by atoms with van der Waals surface area (Å²) in [7, 11) is 0. The zero-order chi connectivity index (χ0) is 20.2. The number of pyridine rings is 1. The second-order valence-corrected chi connectivity index (χ2v) is 7.08. The molecule has 0 bridgehead atoms. The van der Waals surface area contributed by atoms with Crippen LogP contribution in [0, 0.1) is 0 Å². The van der Waals surface area contributed by atoms with Crippen LogP contribution in [0.4, 0.5) is 0 Å². The van der Waals surface area contributed by atoms with Crippen LogP contribution >= 0.6 is 23.2 Å². The molecular formula is C21H15Cl2N5O. The third kappa shape index (κ3) is 4.62. The zero-order valence-corrected chi connectivity index (χ0v) is 16.6. The number of carbonyl (C=O) groups excluding carboxylic acids is 1. The van der Waals surface area contributed by atoms with E-state index in [4.69, 9.17) is 23.2 Å². The molecule has 2 heterocycles. The van der Waals surface area contributed by atoms with Crippen molar-refractivity contribution in [3.05, 3.63) is 93.9 Å². The maximum atomic E-state index is 12.3. The molecule has 0 aliphatic heterocycles. The molecule has 0 unspecified atom stereocenters. The van der Waals surface area contributed by atoms with Gasteiger partial charge in [-0.2, -0.15) is 10.2 Å². The van der Waals surface area contributed by atoms with Crippen molar-refractivity contribution in [2.24, 2.45) is 5.10 Å². The van der Waals surface area contributed by atoms with Crippen molar-refractivity contribution in [2.75, 3.05) is 0 Å². The Labute approximate surface area is 176 Å². The summed E-state index contributed by atoms with van der Waals surface area (Å²) >= 11 is 12.1. The van der Waals surface area contributed by atoms with Crippen LogP contribution in [0.5, 0.6) is 0 Å². The van der Waals surface area contributed by atoms with Gasteiger partial charge in [0.05, 0.1) is 18.3 Å². The van der Waals surface area contributed by atoms with Gasteiger partial charge >= 0.3 is 0 Å². The Morgan fingerprint density at radius 2 is 1.90 bits per heavy atom. The number of carbonyl (C=O) groups is 1. The molecule has 1 N–H and O–H groups in total. The molecule has 29 heavy (non-hydrogen) atoms. The molecule has 0 saturated carbocycles. The Hall–Kier alpha value is -3.22. The van der Waals surface area contributed by atoms with E-state index in [0.29, 0.717) is 22.3 Å². The van der Waals surface area contributed by atoms with E-state index < -0.39 is 5.91 Å². The summed E-state index contributed by atoms with van der Waals surface area (Å²) in [5.74, 6) is -0.416.